The molecule has 9 heteroatoms. The van der Waals surface area contributed by atoms with E-state index in [2.05, 4.69) is 26.0 Å². The molecule has 128 valence electrons. The Hall–Kier alpha value is -2.42. The molecule has 0 radical (unpaired) electrons. The highest BCUT2D eigenvalue weighted by Crippen LogP contribution is 2.10. The highest BCUT2D eigenvalue weighted by molar-refractivity contribution is 9.10. The molecule has 8 nitrogen and oxygen atoms in total. The van der Waals surface area contributed by atoms with Gasteiger partial charge in [0, 0.05) is 10.0 Å². The van der Waals surface area contributed by atoms with E-state index in [1.165, 1.54) is 6.92 Å². The summed E-state index contributed by atoms with van der Waals surface area (Å²) in [6.07, 6.45) is -0.757. The minimum atomic E-state index is -0.945. The molecule has 0 bridgehead atoms. The molecule has 1 saturated heterocycles. The molecule has 24 heavy (non-hydrogen) atoms. The lowest BCUT2D eigenvalue weighted by molar-refractivity contribution is -0.152. The smallest absolute Gasteiger partial charge is 0.416 e. The van der Waals surface area contributed by atoms with Crippen LogP contribution in [0.5, 0.6) is 0 Å². The third kappa shape index (κ3) is 4.54. The minimum absolute atomic E-state index is 0.123. The average Bonchev–Trinajstić information content (AvgIpc) is 2.98. The first-order chi connectivity index (χ1) is 11.4. The molecule has 0 saturated carbocycles. The van der Waals surface area contributed by atoms with E-state index < -0.39 is 36.5 Å². The Bertz CT molecular complexity index is 660. The van der Waals surface area contributed by atoms with E-state index >= 15 is 0 Å². The van der Waals surface area contributed by atoms with Crippen molar-refractivity contribution in [3.8, 4) is 0 Å². The maximum Gasteiger partial charge on any atom is 0.416 e. The van der Waals surface area contributed by atoms with Crippen molar-refractivity contribution in [1.82, 2.24) is 10.2 Å². The molecule has 1 N–H and O–H groups in total. The van der Waals surface area contributed by atoms with E-state index in [0.717, 1.165) is 9.37 Å². The molecule has 1 atom stereocenters. The van der Waals surface area contributed by atoms with Gasteiger partial charge < -0.3 is 14.8 Å². The number of carbonyl (C=O) groups excluding carboxylic acids is 4. The fourth-order valence-electron chi connectivity index (χ4n) is 1.90. The molecule has 1 aromatic rings. The first-order valence-electron chi connectivity index (χ1n) is 7.08. The summed E-state index contributed by atoms with van der Waals surface area (Å²) in [5.74, 6) is -1.89. The first-order valence-corrected chi connectivity index (χ1v) is 7.88. The standard InChI is InChI=1S/C15H15BrN2O6/c1-9(17-13(20)10-2-4-11(16)5-3-10)14(21)24-8-12(19)18-6-7-23-15(18)22/h2-5,9H,6-8H2,1H3,(H,17,20)/t9-/m0/s1. The minimum Gasteiger partial charge on any atom is -0.454 e. The zero-order valence-electron chi connectivity index (χ0n) is 12.8. The number of hydrogen-bond acceptors (Lipinski definition) is 6. The Morgan fingerprint density at radius 3 is 2.58 bits per heavy atom. The van der Waals surface area contributed by atoms with Gasteiger partial charge in [0.15, 0.2) is 6.61 Å². The number of halogens is 1. The van der Waals surface area contributed by atoms with Crippen molar-refractivity contribution in [2.45, 2.75) is 13.0 Å². The highest BCUT2D eigenvalue weighted by atomic mass is 79.9. The molecule has 0 aliphatic carbocycles. The van der Waals surface area contributed by atoms with Crippen molar-refractivity contribution >= 4 is 39.8 Å². The molecule has 1 heterocycles. The van der Waals surface area contributed by atoms with Crippen LogP contribution in [0.15, 0.2) is 28.7 Å². The van der Waals surface area contributed by atoms with Gasteiger partial charge in [-0.15, -0.1) is 0 Å². The lowest BCUT2D eigenvalue weighted by Gasteiger charge is -2.15. The fourth-order valence-corrected chi connectivity index (χ4v) is 2.16. The summed E-state index contributed by atoms with van der Waals surface area (Å²) in [6, 6.07) is 5.65. The molecule has 1 fully saturated rings. The lowest BCUT2D eigenvalue weighted by Crippen LogP contribution is -2.41. The second kappa shape index (κ2) is 7.91. The van der Waals surface area contributed by atoms with Gasteiger partial charge >= 0.3 is 12.1 Å². The van der Waals surface area contributed by atoms with Gasteiger partial charge in [-0.2, -0.15) is 0 Å². The summed E-state index contributed by atoms with van der Waals surface area (Å²) in [6.45, 7) is 1.10. The summed E-state index contributed by atoms with van der Waals surface area (Å²) in [4.78, 5) is 47.6. The number of amides is 3. The van der Waals surface area contributed by atoms with Crippen molar-refractivity contribution in [1.29, 1.82) is 0 Å². The van der Waals surface area contributed by atoms with Crippen molar-refractivity contribution < 1.29 is 28.7 Å². The van der Waals surface area contributed by atoms with E-state index in [4.69, 9.17) is 4.74 Å². The Kier molecular flexibility index (Phi) is 5.91. The number of benzene rings is 1. The predicted octanol–water partition coefficient (Wildman–Crippen LogP) is 1.09. The van der Waals surface area contributed by atoms with Crippen molar-refractivity contribution in [2.24, 2.45) is 0 Å². The second-order valence-electron chi connectivity index (χ2n) is 4.97. The third-order valence-corrected chi connectivity index (χ3v) is 3.74. The maximum absolute atomic E-state index is 12.0. The van der Waals surface area contributed by atoms with Gasteiger partial charge in [-0.3, -0.25) is 9.59 Å². The van der Waals surface area contributed by atoms with Crippen LogP contribution in [0, 0.1) is 0 Å². The van der Waals surface area contributed by atoms with E-state index in [-0.39, 0.29) is 13.2 Å². The van der Waals surface area contributed by atoms with Crippen LogP contribution >= 0.6 is 15.9 Å². The second-order valence-corrected chi connectivity index (χ2v) is 5.89. The lowest BCUT2D eigenvalue weighted by atomic mass is 10.2. The number of hydrogen-bond donors (Lipinski definition) is 1. The van der Waals surface area contributed by atoms with Crippen LogP contribution in [0.1, 0.15) is 17.3 Å². The number of imide groups is 1. The van der Waals surface area contributed by atoms with Crippen LogP contribution in [0.2, 0.25) is 0 Å². The van der Waals surface area contributed by atoms with Gasteiger partial charge in [0.1, 0.15) is 12.6 Å². The molecular weight excluding hydrogens is 384 g/mol. The molecule has 0 aromatic heterocycles. The zero-order chi connectivity index (χ0) is 17.7. The van der Waals surface area contributed by atoms with Crippen LogP contribution in [-0.2, 0) is 19.1 Å². The zero-order valence-corrected chi connectivity index (χ0v) is 14.4. The van der Waals surface area contributed by atoms with E-state index in [0.29, 0.717) is 5.56 Å². The van der Waals surface area contributed by atoms with Crippen molar-refractivity contribution in [3.05, 3.63) is 34.3 Å². The normalized spacial score (nSPS) is 14.8. The summed E-state index contributed by atoms with van der Waals surface area (Å²) in [5.41, 5.74) is 0.383. The highest BCUT2D eigenvalue weighted by Gasteiger charge is 2.29. The van der Waals surface area contributed by atoms with Crippen LogP contribution < -0.4 is 5.32 Å². The maximum atomic E-state index is 12.0. The van der Waals surface area contributed by atoms with Gasteiger partial charge in [-0.05, 0) is 31.2 Å². The molecule has 1 aliphatic heterocycles. The molecular formula is C15H15BrN2O6. The fraction of sp³-hybridized carbons (Fsp3) is 0.333. The Labute approximate surface area is 146 Å². The van der Waals surface area contributed by atoms with E-state index in [9.17, 15) is 19.2 Å². The average molecular weight is 399 g/mol. The number of cyclic esters (lactones) is 1. The van der Waals surface area contributed by atoms with Gasteiger partial charge in [-0.1, -0.05) is 15.9 Å². The summed E-state index contributed by atoms with van der Waals surface area (Å²) in [5, 5.41) is 2.47. The SMILES string of the molecule is C[C@H](NC(=O)c1ccc(Br)cc1)C(=O)OCC(=O)N1CCOC1=O. The molecule has 0 unspecified atom stereocenters. The largest absolute Gasteiger partial charge is 0.454 e. The first kappa shape index (κ1) is 17.9. The van der Waals surface area contributed by atoms with E-state index in [1.54, 1.807) is 24.3 Å². The van der Waals surface area contributed by atoms with Crippen molar-refractivity contribution in [2.75, 3.05) is 19.8 Å². The van der Waals surface area contributed by atoms with E-state index in [1.807, 2.05) is 0 Å². The molecule has 2 rings (SSSR count). The number of nitrogens with one attached hydrogen (secondary N) is 1. The van der Waals surface area contributed by atoms with Crippen molar-refractivity contribution in [3.63, 3.8) is 0 Å². The number of ether oxygens (including phenoxy) is 2. The van der Waals surface area contributed by atoms with Gasteiger partial charge in [-0.25, -0.2) is 14.5 Å². The molecule has 1 aromatic carbocycles. The van der Waals surface area contributed by atoms with Crippen LogP contribution in [0.25, 0.3) is 0 Å². The Morgan fingerprint density at radius 2 is 2.00 bits per heavy atom. The summed E-state index contributed by atoms with van der Waals surface area (Å²) < 4.78 is 10.3. The number of esters is 1. The monoisotopic (exact) mass is 398 g/mol. The number of nitrogens with zero attached hydrogens (tertiary/aromatic N) is 1. The summed E-state index contributed by atoms with van der Waals surface area (Å²) in [7, 11) is 0. The Balaban J connectivity index is 1.81. The van der Waals surface area contributed by atoms with Crippen LogP contribution in [0.4, 0.5) is 4.79 Å². The Morgan fingerprint density at radius 1 is 1.33 bits per heavy atom. The molecule has 1 aliphatic rings. The van der Waals surface area contributed by atoms with Crippen LogP contribution in [-0.4, -0.2) is 54.6 Å². The van der Waals surface area contributed by atoms with Gasteiger partial charge in [0.05, 0.1) is 6.54 Å². The van der Waals surface area contributed by atoms with Crippen LogP contribution in [0.3, 0.4) is 0 Å². The van der Waals surface area contributed by atoms with Gasteiger partial charge in [0.25, 0.3) is 11.8 Å². The number of carbonyl (C=O) groups is 4. The molecule has 0 spiro atoms. The topological polar surface area (TPSA) is 102 Å². The predicted molar refractivity (Wildman–Crippen MR) is 85.1 cm³/mol. The molecule has 3 amide bonds. The van der Waals surface area contributed by atoms with Gasteiger partial charge in [0.2, 0.25) is 0 Å². The number of rotatable bonds is 5. The third-order valence-electron chi connectivity index (χ3n) is 3.21. The quantitative estimate of drug-likeness (QED) is 0.744. The summed E-state index contributed by atoms with van der Waals surface area (Å²) >= 11 is 3.26.